The maximum absolute atomic E-state index is 6.11. The van der Waals surface area contributed by atoms with E-state index in [2.05, 4.69) is 55.4 Å². The molecule has 0 radical (unpaired) electrons. The van der Waals surface area contributed by atoms with E-state index in [1.54, 1.807) is 11.3 Å². The number of ether oxygens (including phenoxy) is 1. The van der Waals surface area contributed by atoms with Crippen LogP contribution >= 0.6 is 35.3 Å². The summed E-state index contributed by atoms with van der Waals surface area (Å²) in [5, 5.41) is 7.95. The molecule has 2 N–H and O–H groups in total. The standard InChI is InChI=1S/C19H26N4OS.HI/c1-5-20-18(22-12-17-21-11-13(2)25-17)23-15-10-19(3,4)24-16-9-7-6-8-14(15)16;/h6-9,11,15H,5,10,12H2,1-4H3,(H2,20,22,23);1H. The van der Waals surface area contributed by atoms with Gasteiger partial charge >= 0.3 is 0 Å². The first-order chi connectivity index (χ1) is 12.0. The van der Waals surface area contributed by atoms with Gasteiger partial charge in [0, 0.05) is 29.6 Å². The summed E-state index contributed by atoms with van der Waals surface area (Å²) in [6.45, 7) is 9.79. The average Bonchev–Trinajstić information content (AvgIpc) is 2.97. The van der Waals surface area contributed by atoms with Crippen molar-refractivity contribution in [2.24, 2.45) is 4.99 Å². The number of nitrogens with one attached hydrogen (secondary N) is 2. The highest BCUT2D eigenvalue weighted by Gasteiger charge is 2.33. The van der Waals surface area contributed by atoms with Crippen molar-refractivity contribution >= 4 is 41.3 Å². The lowest BCUT2D eigenvalue weighted by atomic mass is 9.90. The molecule has 1 unspecified atom stereocenters. The summed E-state index contributed by atoms with van der Waals surface area (Å²) < 4.78 is 6.11. The fraction of sp³-hybridized carbons (Fsp3) is 0.474. The second-order valence-corrected chi connectivity index (χ2v) is 8.18. The summed E-state index contributed by atoms with van der Waals surface area (Å²) >= 11 is 1.69. The minimum Gasteiger partial charge on any atom is -0.487 e. The Morgan fingerprint density at radius 2 is 2.15 bits per heavy atom. The van der Waals surface area contributed by atoms with E-state index in [0.717, 1.165) is 29.7 Å². The highest BCUT2D eigenvalue weighted by atomic mass is 127. The SMILES string of the molecule is CCNC(=NCc1ncc(C)s1)NC1CC(C)(C)Oc2ccccc21.I. The van der Waals surface area contributed by atoms with Crippen LogP contribution in [-0.2, 0) is 6.54 Å². The lowest BCUT2D eigenvalue weighted by Crippen LogP contribution is -2.45. The largest absolute Gasteiger partial charge is 0.487 e. The fourth-order valence-corrected chi connectivity index (χ4v) is 3.75. The van der Waals surface area contributed by atoms with Gasteiger partial charge in [0.05, 0.1) is 12.6 Å². The molecular formula is C19H27IN4OS. The third kappa shape index (κ3) is 5.33. The van der Waals surface area contributed by atoms with Crippen LogP contribution in [0.2, 0.25) is 0 Å². The summed E-state index contributed by atoms with van der Waals surface area (Å²) in [4.78, 5) is 10.3. The van der Waals surface area contributed by atoms with E-state index in [4.69, 9.17) is 9.73 Å². The smallest absolute Gasteiger partial charge is 0.192 e. The Morgan fingerprint density at radius 3 is 2.85 bits per heavy atom. The summed E-state index contributed by atoms with van der Waals surface area (Å²) in [5.74, 6) is 1.76. The zero-order valence-corrected chi connectivity index (χ0v) is 18.9. The lowest BCUT2D eigenvalue weighted by molar-refractivity contribution is 0.0694. The molecule has 0 bridgehead atoms. The minimum atomic E-state index is -0.213. The van der Waals surface area contributed by atoms with E-state index >= 15 is 0 Å². The Labute approximate surface area is 176 Å². The molecule has 26 heavy (non-hydrogen) atoms. The zero-order chi connectivity index (χ0) is 17.9. The maximum atomic E-state index is 6.11. The number of hydrogen-bond donors (Lipinski definition) is 2. The molecule has 5 nitrogen and oxygen atoms in total. The molecule has 0 aliphatic carbocycles. The molecule has 3 rings (SSSR count). The van der Waals surface area contributed by atoms with E-state index in [-0.39, 0.29) is 35.6 Å². The third-order valence-electron chi connectivity index (χ3n) is 4.07. The fourth-order valence-electron chi connectivity index (χ4n) is 3.04. The van der Waals surface area contributed by atoms with Crippen molar-refractivity contribution in [1.82, 2.24) is 15.6 Å². The number of thiazole rings is 1. The quantitative estimate of drug-likeness (QED) is 0.382. The van der Waals surface area contributed by atoms with E-state index < -0.39 is 0 Å². The van der Waals surface area contributed by atoms with E-state index in [0.29, 0.717) is 6.54 Å². The van der Waals surface area contributed by atoms with Crippen LogP contribution in [0.4, 0.5) is 0 Å². The van der Waals surface area contributed by atoms with E-state index in [9.17, 15) is 0 Å². The molecule has 1 atom stereocenters. The predicted molar refractivity (Wildman–Crippen MR) is 119 cm³/mol. The van der Waals surface area contributed by atoms with Crippen molar-refractivity contribution in [3.05, 3.63) is 45.9 Å². The number of nitrogens with zero attached hydrogens (tertiary/aromatic N) is 2. The van der Waals surface area contributed by atoms with Gasteiger partial charge in [-0.1, -0.05) is 18.2 Å². The topological polar surface area (TPSA) is 58.5 Å². The van der Waals surface area contributed by atoms with Crippen LogP contribution in [-0.4, -0.2) is 23.1 Å². The van der Waals surface area contributed by atoms with Gasteiger partial charge in [0.1, 0.15) is 16.4 Å². The first-order valence-corrected chi connectivity index (χ1v) is 9.52. The number of aromatic nitrogens is 1. The molecule has 0 saturated carbocycles. The molecule has 2 aromatic rings. The van der Waals surface area contributed by atoms with Crippen molar-refractivity contribution in [2.45, 2.75) is 52.3 Å². The highest BCUT2D eigenvalue weighted by molar-refractivity contribution is 14.0. The Morgan fingerprint density at radius 1 is 1.38 bits per heavy atom. The van der Waals surface area contributed by atoms with Gasteiger partial charge in [-0.2, -0.15) is 0 Å². The molecule has 0 spiro atoms. The summed E-state index contributed by atoms with van der Waals surface area (Å²) in [5.41, 5.74) is 0.966. The second-order valence-electron chi connectivity index (χ2n) is 6.86. The molecule has 1 aliphatic rings. The first-order valence-electron chi connectivity index (χ1n) is 8.71. The Kier molecular flexibility index (Phi) is 7.28. The van der Waals surface area contributed by atoms with Crippen LogP contribution < -0.4 is 15.4 Å². The van der Waals surface area contributed by atoms with Gasteiger partial charge in [-0.15, -0.1) is 35.3 Å². The van der Waals surface area contributed by atoms with Crippen molar-refractivity contribution in [2.75, 3.05) is 6.54 Å². The predicted octanol–water partition coefficient (Wildman–Crippen LogP) is 4.43. The van der Waals surface area contributed by atoms with Crippen LogP contribution in [0.15, 0.2) is 35.5 Å². The monoisotopic (exact) mass is 486 g/mol. The average molecular weight is 486 g/mol. The van der Waals surface area contributed by atoms with Crippen molar-refractivity contribution in [3.8, 4) is 5.75 Å². The number of aliphatic imine (C=N–C) groups is 1. The summed E-state index contributed by atoms with van der Waals surface area (Å²) in [6, 6.07) is 8.39. The van der Waals surface area contributed by atoms with Crippen LogP contribution in [0.1, 0.15) is 48.7 Å². The molecule has 0 fully saturated rings. The minimum absolute atomic E-state index is 0. The van der Waals surface area contributed by atoms with Gasteiger partial charge in [0.15, 0.2) is 5.96 Å². The Balaban J connectivity index is 0.00000243. The zero-order valence-electron chi connectivity index (χ0n) is 15.7. The number of fused-ring (bicyclic) bond motifs is 1. The molecule has 7 heteroatoms. The van der Waals surface area contributed by atoms with Crippen molar-refractivity contribution in [3.63, 3.8) is 0 Å². The molecule has 1 aromatic carbocycles. The van der Waals surface area contributed by atoms with Gasteiger partial charge in [-0.05, 0) is 33.8 Å². The van der Waals surface area contributed by atoms with Gasteiger partial charge in [-0.25, -0.2) is 9.98 Å². The van der Waals surface area contributed by atoms with Gasteiger partial charge in [-0.3, -0.25) is 0 Å². The summed E-state index contributed by atoms with van der Waals surface area (Å²) in [6.07, 6.45) is 2.78. The van der Waals surface area contributed by atoms with Crippen LogP contribution in [0.5, 0.6) is 5.75 Å². The van der Waals surface area contributed by atoms with Gasteiger partial charge in [0.2, 0.25) is 0 Å². The molecule has 1 aliphatic heterocycles. The normalized spacial score (nSPS) is 18.3. The van der Waals surface area contributed by atoms with E-state index in [1.165, 1.54) is 10.4 Å². The van der Waals surface area contributed by atoms with Crippen LogP contribution in [0.3, 0.4) is 0 Å². The number of aryl methyl sites for hydroxylation is 1. The number of hydrogen-bond acceptors (Lipinski definition) is 4. The molecule has 2 heterocycles. The van der Waals surface area contributed by atoms with Crippen LogP contribution in [0.25, 0.3) is 0 Å². The number of rotatable bonds is 4. The lowest BCUT2D eigenvalue weighted by Gasteiger charge is -2.38. The van der Waals surface area contributed by atoms with Crippen LogP contribution in [0, 0.1) is 6.92 Å². The maximum Gasteiger partial charge on any atom is 0.192 e. The number of guanidine groups is 1. The number of para-hydroxylation sites is 1. The molecule has 0 saturated heterocycles. The number of halogens is 1. The first kappa shape index (κ1) is 21.0. The van der Waals surface area contributed by atoms with E-state index in [1.807, 2.05) is 18.3 Å². The Bertz CT molecular complexity index is 760. The number of benzene rings is 1. The molecule has 142 valence electrons. The Hall–Kier alpha value is -1.35. The second kappa shape index (κ2) is 9.03. The third-order valence-corrected chi connectivity index (χ3v) is 4.97. The van der Waals surface area contributed by atoms with Crippen molar-refractivity contribution in [1.29, 1.82) is 0 Å². The molecule has 1 aromatic heterocycles. The van der Waals surface area contributed by atoms with Crippen molar-refractivity contribution < 1.29 is 4.74 Å². The molecular weight excluding hydrogens is 459 g/mol. The van der Waals surface area contributed by atoms with Gasteiger partial charge in [0.25, 0.3) is 0 Å². The highest BCUT2D eigenvalue weighted by Crippen LogP contribution is 2.39. The van der Waals surface area contributed by atoms with Gasteiger partial charge < -0.3 is 15.4 Å². The summed E-state index contributed by atoms with van der Waals surface area (Å²) in [7, 11) is 0. The molecule has 0 amide bonds.